The van der Waals surface area contributed by atoms with Crippen LogP contribution in [0.25, 0.3) is 10.9 Å². The number of unbranched alkanes of at least 4 members (excludes halogenated alkanes) is 1. The predicted octanol–water partition coefficient (Wildman–Crippen LogP) is 1.83. The summed E-state index contributed by atoms with van der Waals surface area (Å²) in [4.78, 5) is 246. The lowest BCUT2D eigenvalue weighted by molar-refractivity contribution is -0.152. The number of aromatic hydroxyl groups is 2. The average molecular weight is 1840 g/mol. The van der Waals surface area contributed by atoms with Crippen LogP contribution in [-0.2, 0) is 115 Å². The first-order valence-electron chi connectivity index (χ1n) is 43.9. The maximum absolute atomic E-state index is 15.7. The van der Waals surface area contributed by atoms with Crippen molar-refractivity contribution in [2.24, 2.45) is 17.6 Å². The van der Waals surface area contributed by atoms with Crippen molar-refractivity contribution in [3.8, 4) is 11.5 Å². The van der Waals surface area contributed by atoms with Crippen LogP contribution in [-0.4, -0.2) is 282 Å². The van der Waals surface area contributed by atoms with Gasteiger partial charge in [0.05, 0.1) is 31.4 Å². The van der Waals surface area contributed by atoms with Crippen molar-refractivity contribution in [3.05, 3.63) is 203 Å². The zero-order chi connectivity index (χ0) is 96.2. The second kappa shape index (κ2) is 48.8. The highest BCUT2D eigenvalue weighted by Crippen LogP contribution is 2.28. The number of phenolic OH excluding ortho intramolecular Hbond substituents is 2. The quantitative estimate of drug-likeness (QED) is 0.0434. The number of nitrogens with zero attached hydrogens (tertiary/aromatic N) is 5. The van der Waals surface area contributed by atoms with E-state index in [0.717, 1.165) is 36.3 Å². The zero-order valence-corrected chi connectivity index (χ0v) is 76.2. The standard InChI is InChI=1S/C95H120N16O20S/c1-10-11-31-75-94(130)111-51-65(114)47-77(111)90(126)103-71(48-82(118)119)88(124)106-83(56(4)5)95(131)109(8)76(44-58-25-17-13-18-26-58)89(125)104-72(43-61-34-38-64(113)39-35-61)91(127)107(6)52-80(116)99-70(46-62-49-97-67-30-22-21-29-66(62)67)87(123)102-69(41-60-32-36-63(112)37-33-60)86(122)101-68(40-55(2)3)85(121)105-74(84(120)98-50-79(96)115)53-132-54-81(117)100-73(42-57-23-15-12-16-24-57)92(128)110(9)78(93(129)108(75)7)45-59-27-19-14-20-28-59/h12-30,32-39,49,55-56,65,68-78,83,97,112-114H,10-11,31,40-48,50-54H2,1-9H3,(H2,96,115)(H,98,120)(H,99,116)(H,100,117)(H,101,122)(H,102,123)(H,103,126)(H,104,125)(H,105,121)(H,106,124)(H,118,119)/t65-,68-,69-,70-,71-,72-,73-,74-,75-,76-,77+,78-,83-/m0/s1. The zero-order valence-electron chi connectivity index (χ0n) is 75.4. The van der Waals surface area contributed by atoms with Crippen LogP contribution < -0.4 is 53.6 Å². The van der Waals surface area contributed by atoms with Crippen LogP contribution in [0.2, 0.25) is 0 Å². The Balaban J connectivity index is 1.13. The van der Waals surface area contributed by atoms with E-state index in [1.807, 2.05) is 6.92 Å². The van der Waals surface area contributed by atoms with E-state index in [1.165, 1.54) is 76.7 Å². The molecule has 2 fully saturated rings. The molecule has 0 saturated carbocycles. The number of hydrogen-bond acceptors (Lipinski definition) is 20. The SMILES string of the molecule is CCCC[C@H]1C(=O)N2C[C@@H](O)C[C@@H]2C(=O)N[C@@H](CC(=O)O)C(=O)N[C@@H](C(C)C)C(=O)N(C)[C@@H](Cc2ccccc2)C(=O)N[C@@H](Cc2ccc(O)cc2)C(=O)N(C)CC(=O)N[C@@H](Cc2c[nH]c3ccccc23)C(=O)N[C@@H](Cc2ccc(O)cc2)C(=O)N[C@@H](CC(C)C)C(=O)N[C@H](C(=O)NCC(N)=O)CSCC(=O)N[C@@H](Cc2ccccc2)C(=O)N(C)[C@@H](Cc2ccccc2)C(=O)N1C. The van der Waals surface area contributed by atoms with E-state index in [9.17, 15) is 58.8 Å². The molecule has 2 saturated heterocycles. The number of carboxylic acid groups (broad SMARTS) is 1. The third kappa shape index (κ3) is 29.4. The normalized spacial score (nSPS) is 23.2. The molecule has 6 aromatic carbocycles. The fraction of sp³-hybridized carbons (Fsp3) is 0.432. The molecule has 0 aliphatic carbocycles. The number of rotatable bonds is 23. The largest absolute Gasteiger partial charge is 0.508 e. The Hall–Kier alpha value is -13.7. The number of aliphatic carboxylic acids is 1. The van der Waals surface area contributed by atoms with Gasteiger partial charge in [0, 0.05) is 103 Å². The lowest BCUT2D eigenvalue weighted by Gasteiger charge is -2.38. The number of carboxylic acids is 1. The third-order valence-electron chi connectivity index (χ3n) is 23.2. The summed E-state index contributed by atoms with van der Waals surface area (Å²) in [5.41, 5.74) is 9.05. The second-order valence-corrected chi connectivity index (χ2v) is 35.2. The number of phenols is 2. The highest BCUT2D eigenvalue weighted by Gasteiger charge is 2.47. The number of para-hydroxylation sites is 1. The molecule has 2 aliphatic heterocycles. The number of aromatic amines is 1. The molecule has 15 amide bonds. The number of thioether (sulfide) groups is 1. The average Bonchev–Trinajstić information content (AvgIpc) is 1.21. The van der Waals surface area contributed by atoms with E-state index in [4.69, 9.17) is 5.73 Å². The van der Waals surface area contributed by atoms with Crippen LogP contribution in [0.3, 0.4) is 0 Å². The lowest BCUT2D eigenvalue weighted by Crippen LogP contribution is -2.61. The van der Waals surface area contributed by atoms with Crippen LogP contribution in [0.15, 0.2) is 170 Å². The Morgan fingerprint density at radius 1 is 0.492 bits per heavy atom. The molecule has 1 aromatic heterocycles. The molecule has 0 unspecified atom stereocenters. The van der Waals surface area contributed by atoms with Gasteiger partial charge in [-0.25, -0.2) is 0 Å². The third-order valence-corrected chi connectivity index (χ3v) is 24.2. The summed E-state index contributed by atoms with van der Waals surface area (Å²) in [6.45, 7) is 6.44. The number of aromatic nitrogens is 1. The number of carbonyl (C=O) groups excluding carboxylic acids is 15. The molecule has 2 aliphatic rings. The van der Waals surface area contributed by atoms with Crippen molar-refractivity contribution in [1.82, 2.24) is 77.3 Å². The first-order valence-corrected chi connectivity index (χ1v) is 45.0. The number of amides is 15. The number of likely N-dealkylation sites (N-methyl/N-ethyl adjacent to an activating group) is 4. The number of hydrogen-bond donors (Lipinski definition) is 15. The van der Waals surface area contributed by atoms with Gasteiger partial charge in [-0.1, -0.05) is 181 Å². The van der Waals surface area contributed by atoms with Gasteiger partial charge in [0.15, 0.2) is 0 Å². The molecular weight excluding hydrogens is 1720 g/mol. The van der Waals surface area contributed by atoms with E-state index < -0.39 is 223 Å². The van der Waals surface area contributed by atoms with Crippen molar-refractivity contribution < 1.29 is 97.1 Å². The smallest absolute Gasteiger partial charge is 0.305 e. The van der Waals surface area contributed by atoms with Crippen LogP contribution >= 0.6 is 11.8 Å². The monoisotopic (exact) mass is 1840 g/mol. The molecule has 36 nitrogen and oxygen atoms in total. The highest BCUT2D eigenvalue weighted by molar-refractivity contribution is 8.00. The summed E-state index contributed by atoms with van der Waals surface area (Å²) < 4.78 is 0. The van der Waals surface area contributed by atoms with Crippen molar-refractivity contribution in [3.63, 3.8) is 0 Å². The molecule has 0 radical (unpaired) electrons. The summed E-state index contributed by atoms with van der Waals surface area (Å²) in [7, 11) is 5.23. The molecule has 706 valence electrons. The number of nitrogens with one attached hydrogen (secondary N) is 10. The molecule has 3 heterocycles. The van der Waals surface area contributed by atoms with Crippen molar-refractivity contribution in [1.29, 1.82) is 0 Å². The van der Waals surface area contributed by atoms with Gasteiger partial charge >= 0.3 is 5.97 Å². The first kappa shape index (κ1) is 102. The second-order valence-electron chi connectivity index (χ2n) is 34.2. The highest BCUT2D eigenvalue weighted by atomic mass is 32.2. The Morgan fingerprint density at radius 3 is 1.53 bits per heavy atom. The van der Waals surface area contributed by atoms with Gasteiger partial charge in [-0.2, -0.15) is 0 Å². The fourth-order valence-corrected chi connectivity index (χ4v) is 16.8. The van der Waals surface area contributed by atoms with Crippen molar-refractivity contribution in [2.45, 2.75) is 190 Å². The molecule has 13 atom stereocenters. The van der Waals surface area contributed by atoms with Gasteiger partial charge in [-0.05, 0) is 88.4 Å². The number of nitrogens with two attached hydrogens (primary N) is 1. The Kier molecular flexibility index (Phi) is 37.7. The van der Waals surface area contributed by atoms with E-state index in [2.05, 4.69) is 52.8 Å². The molecule has 16 N–H and O–H groups in total. The summed E-state index contributed by atoms with van der Waals surface area (Å²) in [5, 5.41) is 67.2. The van der Waals surface area contributed by atoms with Gasteiger partial charge < -0.3 is 103 Å². The van der Waals surface area contributed by atoms with Crippen LogP contribution in [0.4, 0.5) is 0 Å². The Labute approximate surface area is 769 Å². The molecular formula is C95H120N16O20S. The van der Waals surface area contributed by atoms with Gasteiger partial charge in [0.2, 0.25) is 88.6 Å². The Morgan fingerprint density at radius 2 is 0.970 bits per heavy atom. The number of aliphatic hydroxyl groups excluding tert-OH is 1. The van der Waals surface area contributed by atoms with Crippen molar-refractivity contribution >= 4 is 117 Å². The minimum atomic E-state index is -1.98. The minimum Gasteiger partial charge on any atom is -0.508 e. The molecule has 0 bridgehead atoms. The summed E-state index contributed by atoms with van der Waals surface area (Å²) >= 11 is 0.820. The van der Waals surface area contributed by atoms with E-state index >= 15 is 38.4 Å². The number of benzene rings is 6. The number of aliphatic hydroxyl groups is 1. The van der Waals surface area contributed by atoms with Gasteiger partial charge in [0.25, 0.3) is 0 Å². The summed E-state index contributed by atoms with van der Waals surface area (Å²) in [5.74, 6) is -17.9. The molecule has 0 spiro atoms. The summed E-state index contributed by atoms with van der Waals surface area (Å²) in [6.07, 6.45) is -2.03. The maximum Gasteiger partial charge on any atom is 0.305 e. The molecule has 7 aromatic rings. The van der Waals surface area contributed by atoms with Gasteiger partial charge in [-0.15, -0.1) is 11.8 Å². The van der Waals surface area contributed by atoms with E-state index in [1.54, 1.807) is 149 Å². The first-order chi connectivity index (χ1) is 62.9. The van der Waals surface area contributed by atoms with Crippen LogP contribution in [0, 0.1) is 11.8 Å². The number of H-pyrrole nitrogens is 1. The minimum absolute atomic E-state index is 0.0306. The van der Waals surface area contributed by atoms with Crippen molar-refractivity contribution in [2.75, 3.05) is 59.3 Å². The van der Waals surface area contributed by atoms with Crippen LogP contribution in [0.5, 0.6) is 11.5 Å². The number of fused-ring (bicyclic) bond motifs is 2. The van der Waals surface area contributed by atoms with E-state index in [0.29, 0.717) is 57.1 Å². The van der Waals surface area contributed by atoms with E-state index in [-0.39, 0.29) is 68.8 Å². The number of carbonyl (C=O) groups is 16. The fourth-order valence-electron chi connectivity index (χ4n) is 15.9. The number of primary amides is 1. The Bertz CT molecular complexity index is 5210. The van der Waals surface area contributed by atoms with Crippen LogP contribution in [0.1, 0.15) is 107 Å². The van der Waals surface area contributed by atoms with Gasteiger partial charge in [0.1, 0.15) is 84.0 Å². The lowest BCUT2D eigenvalue weighted by atomic mass is 9.98. The van der Waals surface area contributed by atoms with Gasteiger partial charge in [-0.3, -0.25) is 76.7 Å². The summed E-state index contributed by atoms with van der Waals surface area (Å²) in [6, 6.07) is 25.1. The molecule has 37 heteroatoms. The molecule has 132 heavy (non-hydrogen) atoms. The topological polar surface area (TPSA) is 520 Å². The maximum atomic E-state index is 15.7. The molecule has 9 rings (SSSR count). The predicted molar refractivity (Wildman–Crippen MR) is 491 cm³/mol.